The zero-order valence-corrected chi connectivity index (χ0v) is 12.5. The molecule has 0 radical (unpaired) electrons. The molecule has 0 N–H and O–H groups in total. The normalized spacial score (nSPS) is 10.1. The minimum Gasteiger partial charge on any atom is -0.465 e. The number of hydrogen-bond donors (Lipinski definition) is 0. The lowest BCUT2D eigenvalue weighted by molar-refractivity contribution is -0.136. The van der Waals surface area contributed by atoms with E-state index < -0.39 is 34.6 Å². The van der Waals surface area contributed by atoms with Gasteiger partial charge in [-0.1, -0.05) is 0 Å². The van der Waals surface area contributed by atoms with Crippen molar-refractivity contribution in [2.45, 2.75) is 20.8 Å². The van der Waals surface area contributed by atoms with Gasteiger partial charge in [0.25, 0.3) is 5.95 Å². The Balaban J connectivity index is 3.56. The Kier molecular flexibility index (Phi) is 6.75. The first-order valence-electron chi connectivity index (χ1n) is 6.78. The number of benzene rings is 1. The van der Waals surface area contributed by atoms with E-state index in [0.717, 1.165) is 0 Å². The Morgan fingerprint density at radius 1 is 0.909 bits per heavy atom. The zero-order chi connectivity index (χ0) is 16.7. The SMILES string of the molecule is CCOC(=O)C(=C(OCC)OCC)c1c(F)cc(F)cc1F. The molecule has 0 unspecified atom stereocenters. The summed E-state index contributed by atoms with van der Waals surface area (Å²) in [5.41, 5.74) is -1.31. The monoisotopic (exact) mass is 318 g/mol. The molecule has 1 aromatic carbocycles. The van der Waals surface area contributed by atoms with Crippen LogP contribution in [0, 0.1) is 17.5 Å². The van der Waals surface area contributed by atoms with Crippen LogP contribution in [0.1, 0.15) is 26.3 Å². The zero-order valence-electron chi connectivity index (χ0n) is 12.5. The van der Waals surface area contributed by atoms with Crippen LogP contribution >= 0.6 is 0 Å². The largest absolute Gasteiger partial charge is 0.465 e. The topological polar surface area (TPSA) is 44.8 Å². The average molecular weight is 318 g/mol. The lowest BCUT2D eigenvalue weighted by Crippen LogP contribution is -2.15. The molecule has 0 aliphatic carbocycles. The van der Waals surface area contributed by atoms with Crippen molar-refractivity contribution in [1.29, 1.82) is 0 Å². The second kappa shape index (κ2) is 8.31. The molecule has 0 bridgehead atoms. The average Bonchev–Trinajstić information content (AvgIpc) is 2.42. The predicted molar refractivity (Wildman–Crippen MR) is 73.1 cm³/mol. The van der Waals surface area contributed by atoms with E-state index in [9.17, 15) is 18.0 Å². The van der Waals surface area contributed by atoms with Gasteiger partial charge in [0.05, 0.1) is 25.4 Å². The summed E-state index contributed by atoms with van der Waals surface area (Å²) >= 11 is 0. The highest BCUT2D eigenvalue weighted by Gasteiger charge is 2.28. The standard InChI is InChI=1S/C15H17F3O4/c1-4-20-14(19)13(15(21-5-2)22-6-3)12-10(17)7-9(16)8-11(12)18/h7-8H,4-6H2,1-3H3. The highest BCUT2D eigenvalue weighted by Crippen LogP contribution is 2.28. The molecule has 22 heavy (non-hydrogen) atoms. The smallest absolute Gasteiger partial charge is 0.346 e. The highest BCUT2D eigenvalue weighted by molar-refractivity contribution is 6.17. The molecular formula is C15H17F3O4. The molecule has 122 valence electrons. The van der Waals surface area contributed by atoms with Crippen molar-refractivity contribution in [3.05, 3.63) is 41.1 Å². The molecule has 0 amide bonds. The fourth-order valence-electron chi connectivity index (χ4n) is 1.72. The number of rotatable bonds is 7. The van der Waals surface area contributed by atoms with Gasteiger partial charge in [-0.15, -0.1) is 0 Å². The van der Waals surface area contributed by atoms with Crippen LogP contribution in [0.15, 0.2) is 18.1 Å². The fraction of sp³-hybridized carbons (Fsp3) is 0.400. The van der Waals surface area contributed by atoms with Crippen LogP contribution in [0.5, 0.6) is 0 Å². The van der Waals surface area contributed by atoms with Crippen molar-refractivity contribution >= 4 is 11.5 Å². The molecule has 1 aromatic rings. The number of ether oxygens (including phenoxy) is 3. The first-order valence-corrected chi connectivity index (χ1v) is 6.78. The molecule has 7 heteroatoms. The molecule has 1 rings (SSSR count). The summed E-state index contributed by atoms with van der Waals surface area (Å²) in [5.74, 6) is -5.00. The van der Waals surface area contributed by atoms with Crippen molar-refractivity contribution in [1.82, 2.24) is 0 Å². The van der Waals surface area contributed by atoms with Gasteiger partial charge in [-0.2, -0.15) is 0 Å². The Labute approximate surface area is 126 Å². The highest BCUT2D eigenvalue weighted by atomic mass is 19.1. The molecule has 0 atom stereocenters. The second-order valence-electron chi connectivity index (χ2n) is 3.99. The molecule has 0 spiro atoms. The van der Waals surface area contributed by atoms with Gasteiger partial charge < -0.3 is 14.2 Å². The maximum absolute atomic E-state index is 14.0. The molecule has 0 heterocycles. The van der Waals surface area contributed by atoms with Crippen LogP contribution in [0.3, 0.4) is 0 Å². The maximum atomic E-state index is 14.0. The van der Waals surface area contributed by atoms with E-state index >= 15 is 0 Å². The quantitative estimate of drug-likeness (QED) is 0.439. The summed E-state index contributed by atoms with van der Waals surface area (Å²) in [4.78, 5) is 12.1. The predicted octanol–water partition coefficient (Wildman–Crippen LogP) is 3.41. The first kappa shape index (κ1) is 17.9. The van der Waals surface area contributed by atoms with Gasteiger partial charge in [-0.25, -0.2) is 18.0 Å². The Bertz CT molecular complexity index is 539. The number of hydrogen-bond acceptors (Lipinski definition) is 4. The summed E-state index contributed by atoms with van der Waals surface area (Å²) in [7, 11) is 0. The Hall–Kier alpha value is -2.18. The molecule has 4 nitrogen and oxygen atoms in total. The van der Waals surface area contributed by atoms with E-state index in [1.54, 1.807) is 13.8 Å². The van der Waals surface area contributed by atoms with Gasteiger partial charge in [0.2, 0.25) is 0 Å². The minimum atomic E-state index is -1.25. The van der Waals surface area contributed by atoms with Gasteiger partial charge in [-0.05, 0) is 20.8 Å². The second-order valence-corrected chi connectivity index (χ2v) is 3.99. The third kappa shape index (κ3) is 4.16. The van der Waals surface area contributed by atoms with E-state index in [0.29, 0.717) is 12.1 Å². The van der Waals surface area contributed by atoms with Crippen molar-refractivity contribution in [3.8, 4) is 0 Å². The van der Waals surface area contributed by atoms with Crippen LogP contribution < -0.4 is 0 Å². The third-order valence-electron chi connectivity index (χ3n) is 2.49. The molecular weight excluding hydrogens is 301 g/mol. The molecule has 0 aliphatic rings. The van der Waals surface area contributed by atoms with E-state index in [1.165, 1.54) is 6.92 Å². The maximum Gasteiger partial charge on any atom is 0.346 e. The first-order chi connectivity index (χ1) is 10.5. The van der Waals surface area contributed by atoms with E-state index in [-0.39, 0.29) is 25.8 Å². The van der Waals surface area contributed by atoms with E-state index in [4.69, 9.17) is 14.2 Å². The Morgan fingerprint density at radius 2 is 1.36 bits per heavy atom. The lowest BCUT2D eigenvalue weighted by Gasteiger charge is -2.15. The summed E-state index contributed by atoms with van der Waals surface area (Å²) in [6.45, 7) is 4.94. The molecule has 0 aromatic heterocycles. The summed E-state index contributed by atoms with van der Waals surface area (Å²) in [5, 5.41) is 0. The summed E-state index contributed by atoms with van der Waals surface area (Å²) in [6.07, 6.45) is 0. The lowest BCUT2D eigenvalue weighted by atomic mass is 10.0. The van der Waals surface area contributed by atoms with Crippen LogP contribution in [0.2, 0.25) is 0 Å². The molecule has 0 saturated carbocycles. The number of esters is 1. The number of carbonyl (C=O) groups excluding carboxylic acids is 1. The Morgan fingerprint density at radius 3 is 1.77 bits per heavy atom. The van der Waals surface area contributed by atoms with Crippen LogP contribution in [-0.2, 0) is 19.0 Å². The summed E-state index contributed by atoms with van der Waals surface area (Å²) in [6, 6.07) is 0.931. The van der Waals surface area contributed by atoms with E-state index in [2.05, 4.69) is 0 Å². The van der Waals surface area contributed by atoms with Gasteiger partial charge in [0, 0.05) is 12.1 Å². The minimum absolute atomic E-state index is 0.0156. The van der Waals surface area contributed by atoms with Crippen molar-refractivity contribution in [2.24, 2.45) is 0 Å². The molecule has 0 aliphatic heterocycles. The van der Waals surface area contributed by atoms with Crippen molar-refractivity contribution < 1.29 is 32.2 Å². The number of carbonyl (C=O) groups is 1. The summed E-state index contributed by atoms with van der Waals surface area (Å²) < 4.78 is 56.0. The van der Waals surface area contributed by atoms with E-state index in [1.807, 2.05) is 0 Å². The van der Waals surface area contributed by atoms with Crippen LogP contribution in [0.4, 0.5) is 13.2 Å². The molecule has 0 fully saturated rings. The van der Waals surface area contributed by atoms with Crippen molar-refractivity contribution in [3.63, 3.8) is 0 Å². The van der Waals surface area contributed by atoms with Crippen molar-refractivity contribution in [2.75, 3.05) is 19.8 Å². The van der Waals surface area contributed by atoms with Gasteiger partial charge >= 0.3 is 5.97 Å². The van der Waals surface area contributed by atoms with Crippen LogP contribution in [0.25, 0.3) is 5.57 Å². The van der Waals surface area contributed by atoms with Gasteiger partial charge in [0.1, 0.15) is 17.5 Å². The molecule has 0 saturated heterocycles. The fourth-order valence-corrected chi connectivity index (χ4v) is 1.72. The van der Waals surface area contributed by atoms with Crippen LogP contribution in [-0.4, -0.2) is 25.8 Å². The number of halogens is 3. The van der Waals surface area contributed by atoms with Gasteiger partial charge in [-0.3, -0.25) is 0 Å². The third-order valence-corrected chi connectivity index (χ3v) is 2.49. The van der Waals surface area contributed by atoms with Gasteiger partial charge in [0.15, 0.2) is 5.57 Å².